The van der Waals surface area contributed by atoms with Crippen LogP contribution in [0.1, 0.15) is 42.1 Å². The average molecular weight is 368 g/mol. The second-order valence-corrected chi connectivity index (χ2v) is 6.63. The van der Waals surface area contributed by atoms with Crippen molar-refractivity contribution >= 4 is 17.7 Å². The molecule has 0 bridgehead atoms. The summed E-state index contributed by atoms with van der Waals surface area (Å²) in [5, 5.41) is 2.76. The lowest BCUT2D eigenvalue weighted by molar-refractivity contribution is -0.131. The Hall–Kier alpha value is -3.02. The highest BCUT2D eigenvalue weighted by Gasteiger charge is 2.52. The molecule has 1 fully saturated rings. The van der Waals surface area contributed by atoms with Gasteiger partial charge in [0.05, 0.1) is 6.54 Å². The number of imide groups is 1. The quantitative estimate of drug-likeness (QED) is 0.599. The molecule has 1 atom stereocenters. The van der Waals surface area contributed by atoms with Gasteiger partial charge in [-0.05, 0) is 24.1 Å². The van der Waals surface area contributed by atoms with E-state index >= 15 is 0 Å². The van der Waals surface area contributed by atoms with Gasteiger partial charge in [-0.2, -0.15) is 0 Å². The highest BCUT2D eigenvalue weighted by Crippen LogP contribution is 2.34. The Labute approximate surface area is 157 Å². The number of halogens is 1. The van der Waals surface area contributed by atoms with Crippen molar-refractivity contribution in [3.05, 3.63) is 71.5 Å². The molecule has 3 amide bonds. The van der Waals surface area contributed by atoms with Gasteiger partial charge in [0, 0.05) is 5.56 Å². The molecule has 2 aromatic carbocycles. The van der Waals surface area contributed by atoms with Crippen molar-refractivity contribution < 1.29 is 18.8 Å². The van der Waals surface area contributed by atoms with Gasteiger partial charge in [0.2, 0.25) is 0 Å². The van der Waals surface area contributed by atoms with Crippen LogP contribution in [0.3, 0.4) is 0 Å². The third kappa shape index (κ3) is 3.60. The zero-order valence-electron chi connectivity index (χ0n) is 15.1. The van der Waals surface area contributed by atoms with Gasteiger partial charge in [0.25, 0.3) is 5.91 Å². The summed E-state index contributed by atoms with van der Waals surface area (Å²) in [4.78, 5) is 39.2. The molecule has 6 heteroatoms. The first-order valence-corrected chi connectivity index (χ1v) is 8.96. The van der Waals surface area contributed by atoms with Crippen molar-refractivity contribution in [3.8, 4) is 0 Å². The Morgan fingerprint density at radius 2 is 1.74 bits per heavy atom. The Morgan fingerprint density at radius 1 is 1.07 bits per heavy atom. The Kier molecular flexibility index (Phi) is 5.35. The van der Waals surface area contributed by atoms with Crippen molar-refractivity contribution in [2.24, 2.45) is 0 Å². The van der Waals surface area contributed by atoms with Crippen LogP contribution in [-0.2, 0) is 10.3 Å². The topological polar surface area (TPSA) is 66.5 Å². The van der Waals surface area contributed by atoms with Gasteiger partial charge >= 0.3 is 6.03 Å². The largest absolute Gasteiger partial charge is 0.325 e. The number of amides is 3. The molecule has 1 aliphatic heterocycles. The number of unbranched alkanes of at least 4 members (excludes halogenated alkanes) is 1. The van der Waals surface area contributed by atoms with Crippen LogP contribution in [0.2, 0.25) is 0 Å². The summed E-state index contributed by atoms with van der Waals surface area (Å²) in [5.74, 6) is -1.21. The average Bonchev–Trinajstić information content (AvgIpc) is 2.92. The van der Waals surface area contributed by atoms with Crippen LogP contribution in [0.15, 0.2) is 54.6 Å². The third-order valence-electron chi connectivity index (χ3n) is 4.82. The van der Waals surface area contributed by atoms with Gasteiger partial charge in [-0.1, -0.05) is 62.2 Å². The fraction of sp³-hybridized carbons (Fsp3) is 0.286. The monoisotopic (exact) mass is 368 g/mol. The minimum Gasteiger partial charge on any atom is -0.319 e. The molecule has 1 N–H and O–H groups in total. The first kappa shape index (κ1) is 18.8. The lowest BCUT2D eigenvalue weighted by atomic mass is 9.84. The number of hydrogen-bond acceptors (Lipinski definition) is 3. The molecule has 1 heterocycles. The maximum absolute atomic E-state index is 13.3. The number of ketones is 1. The summed E-state index contributed by atoms with van der Waals surface area (Å²) >= 11 is 0. The summed E-state index contributed by atoms with van der Waals surface area (Å²) < 4.78 is 13.3. The molecule has 0 spiro atoms. The minimum atomic E-state index is -1.27. The summed E-state index contributed by atoms with van der Waals surface area (Å²) in [6.45, 7) is 1.65. The molecule has 1 aliphatic rings. The molecule has 5 nitrogen and oxygen atoms in total. The zero-order chi connectivity index (χ0) is 19.4. The van der Waals surface area contributed by atoms with E-state index < -0.39 is 23.3 Å². The SMILES string of the molecule is CCCC[C@]1(c2ccc(F)cc2)NC(=O)N(CC(=O)c2ccccc2)C1=O. The Morgan fingerprint density at radius 3 is 2.37 bits per heavy atom. The lowest BCUT2D eigenvalue weighted by Crippen LogP contribution is -2.44. The summed E-state index contributed by atoms with van der Waals surface area (Å²) in [6.07, 6.45) is 1.91. The molecule has 0 saturated carbocycles. The normalized spacial score (nSPS) is 19.3. The number of nitrogens with one attached hydrogen (secondary N) is 1. The van der Waals surface area contributed by atoms with Crippen LogP contribution in [0, 0.1) is 5.82 Å². The van der Waals surface area contributed by atoms with E-state index in [2.05, 4.69) is 5.32 Å². The molecule has 1 saturated heterocycles. The highest BCUT2D eigenvalue weighted by molar-refractivity contribution is 6.11. The Balaban J connectivity index is 1.90. The molecule has 0 unspecified atom stereocenters. The van der Waals surface area contributed by atoms with Crippen LogP contribution in [0.4, 0.5) is 9.18 Å². The Bertz CT molecular complexity index is 851. The van der Waals surface area contributed by atoms with Crippen molar-refractivity contribution in [2.45, 2.75) is 31.7 Å². The zero-order valence-corrected chi connectivity index (χ0v) is 15.1. The molecule has 0 radical (unpaired) electrons. The van der Waals surface area contributed by atoms with Crippen molar-refractivity contribution in [1.29, 1.82) is 0 Å². The maximum Gasteiger partial charge on any atom is 0.325 e. The number of carbonyl (C=O) groups is 3. The summed E-state index contributed by atoms with van der Waals surface area (Å²) in [5.41, 5.74) is -0.311. The van der Waals surface area contributed by atoms with Crippen LogP contribution >= 0.6 is 0 Å². The van der Waals surface area contributed by atoms with E-state index in [9.17, 15) is 18.8 Å². The predicted octanol–water partition coefficient (Wildman–Crippen LogP) is 3.65. The minimum absolute atomic E-state index is 0.315. The van der Waals surface area contributed by atoms with Crippen LogP contribution in [-0.4, -0.2) is 29.2 Å². The molecule has 0 aliphatic carbocycles. The second-order valence-electron chi connectivity index (χ2n) is 6.63. The molecule has 27 heavy (non-hydrogen) atoms. The standard InChI is InChI=1S/C21H21FN2O3/c1-2-3-13-21(16-9-11-17(22)12-10-16)19(26)24(20(27)23-21)14-18(25)15-7-5-4-6-8-15/h4-12H,2-3,13-14H2,1H3,(H,23,27)/t21-/m1/s1. The first-order chi connectivity index (χ1) is 13.0. The number of hydrogen-bond donors (Lipinski definition) is 1. The first-order valence-electron chi connectivity index (χ1n) is 8.96. The van der Waals surface area contributed by atoms with E-state index in [1.165, 1.54) is 24.3 Å². The van der Waals surface area contributed by atoms with E-state index in [4.69, 9.17) is 0 Å². The molecule has 3 rings (SSSR count). The molecule has 140 valence electrons. The van der Waals surface area contributed by atoms with E-state index in [1.807, 2.05) is 6.92 Å². The van der Waals surface area contributed by atoms with Crippen molar-refractivity contribution in [2.75, 3.05) is 6.54 Å². The number of rotatable bonds is 7. The van der Waals surface area contributed by atoms with Gasteiger partial charge in [-0.3, -0.25) is 14.5 Å². The fourth-order valence-corrected chi connectivity index (χ4v) is 3.31. The van der Waals surface area contributed by atoms with Gasteiger partial charge in [0.1, 0.15) is 11.4 Å². The van der Waals surface area contributed by atoms with Crippen LogP contribution in [0.25, 0.3) is 0 Å². The molecular formula is C21H21FN2O3. The third-order valence-corrected chi connectivity index (χ3v) is 4.82. The van der Waals surface area contributed by atoms with Gasteiger partial charge < -0.3 is 5.32 Å². The number of carbonyl (C=O) groups excluding carboxylic acids is 3. The number of urea groups is 1. The second kappa shape index (κ2) is 7.70. The number of benzene rings is 2. The van der Waals surface area contributed by atoms with Gasteiger partial charge in [-0.25, -0.2) is 9.18 Å². The predicted molar refractivity (Wildman–Crippen MR) is 98.6 cm³/mol. The number of Topliss-reactive ketones (excluding diaryl/α,β-unsaturated/α-hetero) is 1. The molecular weight excluding hydrogens is 347 g/mol. The van der Waals surface area contributed by atoms with E-state index in [0.717, 1.165) is 11.3 Å². The van der Waals surface area contributed by atoms with E-state index in [1.54, 1.807) is 30.3 Å². The van der Waals surface area contributed by atoms with E-state index in [-0.39, 0.29) is 12.3 Å². The van der Waals surface area contributed by atoms with Crippen molar-refractivity contribution in [3.63, 3.8) is 0 Å². The maximum atomic E-state index is 13.3. The summed E-state index contributed by atoms with van der Waals surface area (Å²) in [7, 11) is 0. The molecule has 0 aromatic heterocycles. The molecule has 2 aromatic rings. The number of nitrogens with zero attached hydrogens (tertiary/aromatic N) is 1. The van der Waals surface area contributed by atoms with E-state index in [0.29, 0.717) is 24.0 Å². The van der Waals surface area contributed by atoms with Crippen LogP contribution < -0.4 is 5.32 Å². The van der Waals surface area contributed by atoms with Crippen LogP contribution in [0.5, 0.6) is 0 Å². The fourth-order valence-electron chi connectivity index (χ4n) is 3.31. The van der Waals surface area contributed by atoms with Gasteiger partial charge in [-0.15, -0.1) is 0 Å². The summed E-state index contributed by atoms with van der Waals surface area (Å²) in [6, 6.07) is 13.5. The van der Waals surface area contributed by atoms with Gasteiger partial charge in [0.15, 0.2) is 5.78 Å². The van der Waals surface area contributed by atoms with Crippen molar-refractivity contribution in [1.82, 2.24) is 10.2 Å². The smallest absolute Gasteiger partial charge is 0.319 e. The highest BCUT2D eigenvalue weighted by atomic mass is 19.1. The lowest BCUT2D eigenvalue weighted by Gasteiger charge is -2.27.